The van der Waals surface area contributed by atoms with Crippen LogP contribution >= 0.6 is 0 Å². The number of alkyl halides is 1. The molecule has 0 aliphatic rings. The highest BCUT2D eigenvalue weighted by Gasteiger charge is 2.02. The summed E-state index contributed by atoms with van der Waals surface area (Å²) in [5.74, 6) is 0.811. The van der Waals surface area contributed by atoms with Gasteiger partial charge in [-0.3, -0.25) is 0 Å². The average molecular weight is 182 g/mol. The quantitative estimate of drug-likeness (QED) is 0.679. The Hall–Kier alpha value is -1.05. The number of rotatable bonds is 5. The number of ether oxygens (including phenoxy) is 1. The Morgan fingerprint density at radius 2 is 2.00 bits per heavy atom. The van der Waals surface area contributed by atoms with E-state index < -0.39 is 6.17 Å². The summed E-state index contributed by atoms with van der Waals surface area (Å²) in [7, 11) is 0. The maximum Gasteiger partial charge on any atom is 0.119 e. The molecule has 72 valence electrons. The number of hydrogen-bond donors (Lipinski definition) is 0. The van der Waals surface area contributed by atoms with Gasteiger partial charge in [0.25, 0.3) is 0 Å². The van der Waals surface area contributed by atoms with Crippen LogP contribution in [0.15, 0.2) is 30.3 Å². The SMILES string of the molecule is CCC(F)CCOc1ccccc1. The van der Waals surface area contributed by atoms with Crippen molar-refractivity contribution in [2.75, 3.05) is 6.61 Å². The van der Waals surface area contributed by atoms with Gasteiger partial charge in [0.05, 0.1) is 6.61 Å². The summed E-state index contributed by atoms with van der Waals surface area (Å²) in [4.78, 5) is 0. The monoisotopic (exact) mass is 182 g/mol. The van der Waals surface area contributed by atoms with Crippen LogP contribution in [0.2, 0.25) is 0 Å². The van der Waals surface area contributed by atoms with E-state index in [0.29, 0.717) is 19.4 Å². The lowest BCUT2D eigenvalue weighted by atomic mass is 10.2. The van der Waals surface area contributed by atoms with E-state index in [1.54, 1.807) is 0 Å². The Bertz CT molecular complexity index is 223. The first-order valence-electron chi connectivity index (χ1n) is 4.65. The van der Waals surface area contributed by atoms with E-state index in [1.807, 2.05) is 37.3 Å². The second-order valence-electron chi connectivity index (χ2n) is 2.96. The zero-order valence-corrected chi connectivity index (χ0v) is 7.87. The molecule has 0 aromatic heterocycles. The second kappa shape index (κ2) is 5.57. The fourth-order valence-corrected chi connectivity index (χ4v) is 1.03. The molecule has 1 atom stereocenters. The van der Waals surface area contributed by atoms with Crippen LogP contribution in [0.3, 0.4) is 0 Å². The van der Waals surface area contributed by atoms with E-state index in [0.717, 1.165) is 5.75 Å². The number of benzene rings is 1. The predicted octanol–water partition coefficient (Wildman–Crippen LogP) is 3.20. The Labute approximate surface area is 78.5 Å². The van der Waals surface area contributed by atoms with Gasteiger partial charge >= 0.3 is 0 Å². The van der Waals surface area contributed by atoms with E-state index in [4.69, 9.17) is 4.74 Å². The first-order chi connectivity index (χ1) is 6.33. The lowest BCUT2D eigenvalue weighted by Crippen LogP contribution is -2.06. The number of halogens is 1. The molecular formula is C11H15FO. The van der Waals surface area contributed by atoms with Crippen molar-refractivity contribution in [3.8, 4) is 5.75 Å². The minimum Gasteiger partial charge on any atom is -0.493 e. The Kier molecular flexibility index (Phi) is 4.30. The van der Waals surface area contributed by atoms with Crippen LogP contribution in [0.5, 0.6) is 5.75 Å². The van der Waals surface area contributed by atoms with E-state index in [-0.39, 0.29) is 0 Å². The summed E-state index contributed by atoms with van der Waals surface area (Å²) in [5.41, 5.74) is 0. The van der Waals surface area contributed by atoms with Crippen LogP contribution in [-0.2, 0) is 0 Å². The third-order valence-corrected chi connectivity index (χ3v) is 1.89. The molecule has 13 heavy (non-hydrogen) atoms. The maximum atomic E-state index is 12.8. The predicted molar refractivity (Wildman–Crippen MR) is 51.7 cm³/mol. The molecule has 2 heteroatoms. The fourth-order valence-electron chi connectivity index (χ4n) is 1.03. The van der Waals surface area contributed by atoms with Crippen LogP contribution in [0.4, 0.5) is 4.39 Å². The first kappa shape index (κ1) is 10.0. The van der Waals surface area contributed by atoms with Crippen molar-refractivity contribution < 1.29 is 9.13 Å². The van der Waals surface area contributed by atoms with Crippen LogP contribution in [0.1, 0.15) is 19.8 Å². The molecular weight excluding hydrogens is 167 g/mol. The zero-order chi connectivity index (χ0) is 9.52. The van der Waals surface area contributed by atoms with Gasteiger partial charge in [-0.2, -0.15) is 0 Å². The molecule has 1 nitrogen and oxygen atoms in total. The molecule has 0 fully saturated rings. The van der Waals surface area contributed by atoms with Crippen molar-refractivity contribution in [3.63, 3.8) is 0 Å². The van der Waals surface area contributed by atoms with Crippen molar-refractivity contribution >= 4 is 0 Å². The highest BCUT2D eigenvalue weighted by atomic mass is 19.1. The summed E-state index contributed by atoms with van der Waals surface area (Å²) < 4.78 is 18.1. The number of para-hydroxylation sites is 1. The standard InChI is InChI=1S/C11H15FO/c1-2-10(12)8-9-13-11-6-4-3-5-7-11/h3-7,10H,2,8-9H2,1H3. The van der Waals surface area contributed by atoms with Gasteiger partial charge in [0, 0.05) is 6.42 Å². The highest BCUT2D eigenvalue weighted by Crippen LogP contribution is 2.10. The van der Waals surface area contributed by atoms with Crippen LogP contribution in [0, 0.1) is 0 Å². The maximum absolute atomic E-state index is 12.8. The van der Waals surface area contributed by atoms with Crippen LogP contribution in [-0.4, -0.2) is 12.8 Å². The average Bonchev–Trinajstić information content (AvgIpc) is 2.19. The smallest absolute Gasteiger partial charge is 0.119 e. The Morgan fingerprint density at radius 1 is 1.31 bits per heavy atom. The summed E-state index contributed by atoms with van der Waals surface area (Å²) >= 11 is 0. The van der Waals surface area contributed by atoms with Crippen molar-refractivity contribution in [1.29, 1.82) is 0 Å². The summed E-state index contributed by atoms with van der Waals surface area (Å²) in [5, 5.41) is 0. The molecule has 1 rings (SSSR count). The minimum absolute atomic E-state index is 0.457. The molecule has 0 radical (unpaired) electrons. The van der Waals surface area contributed by atoms with Gasteiger partial charge in [0.15, 0.2) is 0 Å². The van der Waals surface area contributed by atoms with E-state index >= 15 is 0 Å². The molecule has 0 aliphatic heterocycles. The second-order valence-corrected chi connectivity index (χ2v) is 2.96. The lowest BCUT2D eigenvalue weighted by Gasteiger charge is -2.07. The number of hydrogen-bond acceptors (Lipinski definition) is 1. The molecule has 0 aliphatic carbocycles. The largest absolute Gasteiger partial charge is 0.493 e. The van der Waals surface area contributed by atoms with Gasteiger partial charge in [-0.05, 0) is 18.6 Å². The first-order valence-corrected chi connectivity index (χ1v) is 4.65. The lowest BCUT2D eigenvalue weighted by molar-refractivity contribution is 0.231. The molecule has 0 saturated heterocycles. The molecule has 0 amide bonds. The fraction of sp³-hybridized carbons (Fsp3) is 0.455. The van der Waals surface area contributed by atoms with Gasteiger partial charge in [0.2, 0.25) is 0 Å². The minimum atomic E-state index is -0.733. The molecule has 1 aromatic rings. The molecule has 0 spiro atoms. The summed E-state index contributed by atoms with van der Waals surface area (Å²) in [6.07, 6.45) is 0.313. The van der Waals surface area contributed by atoms with Crippen LogP contribution in [0.25, 0.3) is 0 Å². The topological polar surface area (TPSA) is 9.23 Å². The van der Waals surface area contributed by atoms with Gasteiger partial charge in [-0.15, -0.1) is 0 Å². The van der Waals surface area contributed by atoms with E-state index in [9.17, 15) is 4.39 Å². The van der Waals surface area contributed by atoms with Gasteiger partial charge in [-0.25, -0.2) is 4.39 Å². The molecule has 1 aromatic carbocycles. The normalized spacial score (nSPS) is 12.5. The van der Waals surface area contributed by atoms with Gasteiger partial charge < -0.3 is 4.74 Å². The van der Waals surface area contributed by atoms with Crippen LogP contribution < -0.4 is 4.74 Å². The van der Waals surface area contributed by atoms with Crippen molar-refractivity contribution in [2.45, 2.75) is 25.9 Å². The van der Waals surface area contributed by atoms with Crippen molar-refractivity contribution in [2.24, 2.45) is 0 Å². The molecule has 0 N–H and O–H groups in total. The van der Waals surface area contributed by atoms with Gasteiger partial charge in [-0.1, -0.05) is 25.1 Å². The van der Waals surface area contributed by atoms with E-state index in [2.05, 4.69) is 0 Å². The Balaban J connectivity index is 2.20. The molecule has 0 heterocycles. The highest BCUT2D eigenvalue weighted by molar-refractivity contribution is 5.20. The third kappa shape index (κ3) is 3.92. The van der Waals surface area contributed by atoms with Crippen molar-refractivity contribution in [1.82, 2.24) is 0 Å². The molecule has 0 bridgehead atoms. The molecule has 1 unspecified atom stereocenters. The third-order valence-electron chi connectivity index (χ3n) is 1.89. The zero-order valence-electron chi connectivity index (χ0n) is 7.87. The molecule has 0 saturated carbocycles. The van der Waals surface area contributed by atoms with Crippen molar-refractivity contribution in [3.05, 3.63) is 30.3 Å². The Morgan fingerprint density at radius 3 is 2.62 bits per heavy atom. The summed E-state index contributed by atoms with van der Waals surface area (Å²) in [6.45, 7) is 2.30. The van der Waals surface area contributed by atoms with Gasteiger partial charge in [0.1, 0.15) is 11.9 Å². The summed E-state index contributed by atoms with van der Waals surface area (Å²) in [6, 6.07) is 9.49. The van der Waals surface area contributed by atoms with E-state index in [1.165, 1.54) is 0 Å².